The highest BCUT2D eigenvalue weighted by Crippen LogP contribution is 2.03. The smallest absolute Gasteiger partial charge is 0.249 e. The maximum Gasteiger partial charge on any atom is 0.249 e. The Morgan fingerprint density at radius 3 is 2.92 bits per heavy atom. The van der Waals surface area contributed by atoms with E-state index in [0.29, 0.717) is 12.2 Å². The van der Waals surface area contributed by atoms with Gasteiger partial charge in [0.1, 0.15) is 6.04 Å². The van der Waals surface area contributed by atoms with Crippen molar-refractivity contribution in [2.24, 2.45) is 5.73 Å². The molecular formula is C8H11N3O. The molecule has 1 fully saturated rings. The lowest BCUT2D eigenvalue weighted by molar-refractivity contribution is -0.120. The summed E-state index contributed by atoms with van der Waals surface area (Å²) < 4.78 is 0. The van der Waals surface area contributed by atoms with Gasteiger partial charge >= 0.3 is 0 Å². The van der Waals surface area contributed by atoms with Gasteiger partial charge in [-0.3, -0.25) is 4.79 Å². The second-order valence-electron chi connectivity index (χ2n) is 2.66. The van der Waals surface area contributed by atoms with Crippen LogP contribution in [0.25, 0.3) is 0 Å². The van der Waals surface area contributed by atoms with E-state index in [2.05, 4.69) is 23.1 Å². The number of nitrogens with two attached hydrogens (primary N) is 1. The molecule has 0 spiro atoms. The minimum absolute atomic E-state index is 0.164. The zero-order chi connectivity index (χ0) is 9.14. The molecule has 4 nitrogen and oxygen atoms in total. The Kier molecular flexibility index (Phi) is 2.36. The predicted octanol–water partition coefficient (Wildman–Crippen LogP) is -1.10. The molecular weight excluding hydrogens is 154 g/mol. The SMILES string of the molecule is C#CC[C@@H](N)C1NC(=C)NC1=O. The number of rotatable bonds is 2. The highest BCUT2D eigenvalue weighted by Gasteiger charge is 2.30. The van der Waals surface area contributed by atoms with Crippen LogP contribution in [0.4, 0.5) is 0 Å². The monoisotopic (exact) mass is 165 g/mol. The van der Waals surface area contributed by atoms with Gasteiger partial charge in [-0.15, -0.1) is 12.3 Å². The van der Waals surface area contributed by atoms with Crippen LogP contribution < -0.4 is 16.4 Å². The van der Waals surface area contributed by atoms with Gasteiger partial charge in [0.15, 0.2) is 0 Å². The maximum absolute atomic E-state index is 11.1. The molecule has 1 rings (SSSR count). The van der Waals surface area contributed by atoms with Crippen LogP contribution in [-0.2, 0) is 4.79 Å². The first-order chi connectivity index (χ1) is 5.65. The summed E-state index contributed by atoms with van der Waals surface area (Å²) in [5.41, 5.74) is 5.64. The van der Waals surface area contributed by atoms with Crippen LogP contribution in [0.15, 0.2) is 12.4 Å². The first kappa shape index (κ1) is 8.62. The van der Waals surface area contributed by atoms with E-state index in [-0.39, 0.29) is 11.9 Å². The lowest BCUT2D eigenvalue weighted by Gasteiger charge is -2.13. The number of hydrogen-bond acceptors (Lipinski definition) is 3. The average Bonchev–Trinajstić information content (AvgIpc) is 2.30. The van der Waals surface area contributed by atoms with E-state index in [0.717, 1.165) is 0 Å². The number of hydrogen-bond donors (Lipinski definition) is 3. The Hall–Kier alpha value is -1.47. The Morgan fingerprint density at radius 1 is 1.83 bits per heavy atom. The van der Waals surface area contributed by atoms with Crippen LogP contribution >= 0.6 is 0 Å². The second-order valence-corrected chi connectivity index (χ2v) is 2.66. The number of carbonyl (C=O) groups is 1. The summed E-state index contributed by atoms with van der Waals surface area (Å²) in [6.07, 6.45) is 5.44. The summed E-state index contributed by atoms with van der Waals surface area (Å²) in [7, 11) is 0. The fraction of sp³-hybridized carbons (Fsp3) is 0.375. The highest BCUT2D eigenvalue weighted by atomic mass is 16.2. The van der Waals surface area contributed by atoms with Gasteiger partial charge in [-0.05, 0) is 0 Å². The molecule has 4 heteroatoms. The third-order valence-electron chi connectivity index (χ3n) is 1.67. The van der Waals surface area contributed by atoms with Gasteiger partial charge in [-0.2, -0.15) is 0 Å². The third-order valence-corrected chi connectivity index (χ3v) is 1.67. The quantitative estimate of drug-likeness (QED) is 0.455. The van der Waals surface area contributed by atoms with Crippen molar-refractivity contribution >= 4 is 5.91 Å². The Labute approximate surface area is 71.2 Å². The first-order valence-corrected chi connectivity index (χ1v) is 3.60. The molecule has 0 aromatic carbocycles. The van der Waals surface area contributed by atoms with Gasteiger partial charge in [-0.25, -0.2) is 0 Å². The van der Waals surface area contributed by atoms with Crippen molar-refractivity contribution in [1.29, 1.82) is 0 Å². The maximum atomic E-state index is 11.1. The summed E-state index contributed by atoms with van der Waals surface area (Å²) >= 11 is 0. The van der Waals surface area contributed by atoms with E-state index in [1.807, 2.05) is 0 Å². The molecule has 1 heterocycles. The number of carbonyl (C=O) groups excluding carboxylic acids is 1. The molecule has 1 aliphatic rings. The fourth-order valence-electron chi connectivity index (χ4n) is 1.07. The molecule has 0 saturated carbocycles. The number of nitrogens with one attached hydrogen (secondary N) is 2. The van der Waals surface area contributed by atoms with Crippen LogP contribution in [0, 0.1) is 12.3 Å². The van der Waals surface area contributed by atoms with E-state index in [1.165, 1.54) is 0 Å². The first-order valence-electron chi connectivity index (χ1n) is 3.60. The van der Waals surface area contributed by atoms with Gasteiger partial charge in [0.25, 0.3) is 0 Å². The molecule has 0 aliphatic carbocycles. The van der Waals surface area contributed by atoms with Crippen LogP contribution in [0.3, 0.4) is 0 Å². The molecule has 1 aliphatic heterocycles. The molecule has 0 bridgehead atoms. The standard InChI is InChI=1S/C8H11N3O/c1-3-4-6(9)7-8(12)11-5(2)10-7/h1,6-7,10H,2,4,9H2,(H,11,12)/t6-,7?/m1/s1. The van der Waals surface area contributed by atoms with Crippen molar-refractivity contribution in [3.8, 4) is 12.3 Å². The van der Waals surface area contributed by atoms with Gasteiger partial charge in [0.05, 0.1) is 5.82 Å². The van der Waals surface area contributed by atoms with E-state index in [1.54, 1.807) is 0 Å². The summed E-state index contributed by atoms with van der Waals surface area (Å²) in [5.74, 6) is 2.72. The topological polar surface area (TPSA) is 67.2 Å². The summed E-state index contributed by atoms with van der Waals surface area (Å²) in [5, 5.41) is 5.33. The van der Waals surface area contributed by atoms with Crippen LogP contribution in [0.2, 0.25) is 0 Å². The Balaban J connectivity index is 2.59. The average molecular weight is 165 g/mol. The molecule has 4 N–H and O–H groups in total. The molecule has 2 atom stereocenters. The van der Waals surface area contributed by atoms with Gasteiger partial charge in [0, 0.05) is 12.5 Å². The Morgan fingerprint density at radius 2 is 2.50 bits per heavy atom. The van der Waals surface area contributed by atoms with Crippen molar-refractivity contribution in [3.05, 3.63) is 12.4 Å². The molecule has 64 valence electrons. The van der Waals surface area contributed by atoms with E-state index >= 15 is 0 Å². The minimum Gasteiger partial charge on any atom is -0.359 e. The summed E-state index contributed by atoms with van der Waals surface area (Å²) in [6, 6.07) is -0.789. The summed E-state index contributed by atoms with van der Waals surface area (Å²) in [4.78, 5) is 11.1. The van der Waals surface area contributed by atoms with Crippen LogP contribution in [0.1, 0.15) is 6.42 Å². The van der Waals surface area contributed by atoms with E-state index in [4.69, 9.17) is 12.2 Å². The zero-order valence-electron chi connectivity index (χ0n) is 6.63. The van der Waals surface area contributed by atoms with Crippen molar-refractivity contribution in [3.63, 3.8) is 0 Å². The molecule has 1 saturated heterocycles. The van der Waals surface area contributed by atoms with Gasteiger partial charge in [0.2, 0.25) is 5.91 Å². The molecule has 12 heavy (non-hydrogen) atoms. The second kappa shape index (κ2) is 3.28. The highest BCUT2D eigenvalue weighted by molar-refractivity contribution is 5.87. The van der Waals surface area contributed by atoms with Crippen molar-refractivity contribution in [2.45, 2.75) is 18.5 Å². The van der Waals surface area contributed by atoms with E-state index < -0.39 is 6.04 Å². The Bertz CT molecular complexity index is 254. The molecule has 0 aromatic rings. The number of amides is 1. The molecule has 1 amide bonds. The van der Waals surface area contributed by atoms with Crippen LogP contribution in [0.5, 0.6) is 0 Å². The normalized spacial score (nSPS) is 24.2. The lowest BCUT2D eigenvalue weighted by Crippen LogP contribution is -2.45. The largest absolute Gasteiger partial charge is 0.359 e. The number of terminal acetylenes is 1. The molecule has 1 unspecified atom stereocenters. The van der Waals surface area contributed by atoms with Crippen molar-refractivity contribution < 1.29 is 4.79 Å². The van der Waals surface area contributed by atoms with Crippen molar-refractivity contribution in [2.75, 3.05) is 0 Å². The lowest BCUT2D eigenvalue weighted by atomic mass is 10.1. The van der Waals surface area contributed by atoms with Crippen LogP contribution in [-0.4, -0.2) is 18.0 Å². The minimum atomic E-state index is -0.437. The fourth-order valence-corrected chi connectivity index (χ4v) is 1.07. The van der Waals surface area contributed by atoms with E-state index in [9.17, 15) is 4.79 Å². The van der Waals surface area contributed by atoms with Gasteiger partial charge < -0.3 is 16.4 Å². The third kappa shape index (κ3) is 1.57. The molecule has 0 aromatic heterocycles. The predicted molar refractivity (Wildman–Crippen MR) is 45.6 cm³/mol. The zero-order valence-corrected chi connectivity index (χ0v) is 6.63. The van der Waals surface area contributed by atoms with Gasteiger partial charge in [-0.1, -0.05) is 6.58 Å². The molecule has 0 radical (unpaired) electrons. The van der Waals surface area contributed by atoms with Crippen molar-refractivity contribution in [1.82, 2.24) is 10.6 Å². The summed E-state index contributed by atoms with van der Waals surface area (Å²) in [6.45, 7) is 3.55.